The Morgan fingerprint density at radius 3 is 2.50 bits per heavy atom. The molecule has 0 radical (unpaired) electrons. The Morgan fingerprint density at radius 1 is 1.00 bits per heavy atom. The SMILES string of the molecule is COc1nc(C)ccc1-c1nnc(Cl)c2ccccc12. The van der Waals surface area contributed by atoms with Crippen molar-refractivity contribution in [1.29, 1.82) is 0 Å². The first kappa shape index (κ1) is 12.8. The predicted molar refractivity (Wildman–Crippen MR) is 79.1 cm³/mol. The molecule has 0 saturated heterocycles. The molecular formula is C15H12ClN3O. The number of benzene rings is 1. The molecule has 0 fully saturated rings. The number of rotatable bonds is 2. The van der Waals surface area contributed by atoms with E-state index in [4.69, 9.17) is 16.3 Å². The van der Waals surface area contributed by atoms with Gasteiger partial charge in [0.2, 0.25) is 5.88 Å². The average Bonchev–Trinajstić information content (AvgIpc) is 2.48. The standard InChI is InChI=1S/C15H12ClN3O/c1-9-7-8-12(15(17-9)20-2)13-10-5-3-4-6-11(10)14(16)19-18-13/h3-8H,1-2H3. The van der Waals surface area contributed by atoms with Crippen LogP contribution in [0, 0.1) is 6.92 Å². The summed E-state index contributed by atoms with van der Waals surface area (Å²) in [6.07, 6.45) is 0. The molecule has 0 aliphatic heterocycles. The maximum Gasteiger partial charge on any atom is 0.222 e. The van der Waals surface area contributed by atoms with Gasteiger partial charge in [-0.15, -0.1) is 10.2 Å². The van der Waals surface area contributed by atoms with E-state index in [2.05, 4.69) is 15.2 Å². The molecule has 3 aromatic rings. The smallest absolute Gasteiger partial charge is 0.222 e. The second-order valence-corrected chi connectivity index (χ2v) is 4.75. The van der Waals surface area contributed by atoms with E-state index in [1.165, 1.54) is 0 Å². The Balaban J connectivity index is 2.33. The molecule has 0 bridgehead atoms. The number of hydrogen-bond donors (Lipinski definition) is 0. The van der Waals surface area contributed by atoms with Gasteiger partial charge >= 0.3 is 0 Å². The Labute approximate surface area is 121 Å². The van der Waals surface area contributed by atoms with Crippen molar-refractivity contribution in [3.05, 3.63) is 47.2 Å². The van der Waals surface area contributed by atoms with Gasteiger partial charge in [0.1, 0.15) is 5.69 Å². The molecule has 0 spiro atoms. The van der Waals surface area contributed by atoms with Crippen LogP contribution in [0.1, 0.15) is 5.69 Å². The fraction of sp³-hybridized carbons (Fsp3) is 0.133. The van der Waals surface area contributed by atoms with Crippen LogP contribution in [-0.2, 0) is 0 Å². The van der Waals surface area contributed by atoms with Gasteiger partial charge in [0, 0.05) is 16.5 Å². The molecule has 0 aliphatic rings. The fourth-order valence-corrected chi connectivity index (χ4v) is 2.34. The van der Waals surface area contributed by atoms with Crippen LogP contribution >= 0.6 is 11.6 Å². The van der Waals surface area contributed by atoms with E-state index >= 15 is 0 Å². The maximum atomic E-state index is 6.09. The molecule has 100 valence electrons. The molecule has 5 heteroatoms. The van der Waals surface area contributed by atoms with Crippen LogP contribution in [0.25, 0.3) is 22.0 Å². The molecular weight excluding hydrogens is 274 g/mol. The zero-order valence-electron chi connectivity index (χ0n) is 11.1. The quantitative estimate of drug-likeness (QED) is 0.721. The lowest BCUT2D eigenvalue weighted by molar-refractivity contribution is 0.398. The number of aryl methyl sites for hydroxylation is 1. The fourth-order valence-electron chi connectivity index (χ4n) is 2.14. The van der Waals surface area contributed by atoms with Gasteiger partial charge in [-0.3, -0.25) is 0 Å². The van der Waals surface area contributed by atoms with Gasteiger partial charge in [-0.2, -0.15) is 0 Å². The van der Waals surface area contributed by atoms with Crippen LogP contribution in [0.4, 0.5) is 0 Å². The number of methoxy groups -OCH3 is 1. The van der Waals surface area contributed by atoms with E-state index in [0.717, 1.165) is 22.0 Å². The van der Waals surface area contributed by atoms with Crippen molar-refractivity contribution in [2.75, 3.05) is 7.11 Å². The highest BCUT2D eigenvalue weighted by molar-refractivity contribution is 6.34. The molecule has 4 nitrogen and oxygen atoms in total. The van der Waals surface area contributed by atoms with Crippen molar-refractivity contribution >= 4 is 22.4 Å². The number of hydrogen-bond acceptors (Lipinski definition) is 4. The Bertz CT molecular complexity index is 789. The van der Waals surface area contributed by atoms with E-state index in [9.17, 15) is 0 Å². The maximum absolute atomic E-state index is 6.09. The second-order valence-electron chi connectivity index (χ2n) is 4.39. The summed E-state index contributed by atoms with van der Waals surface area (Å²) < 4.78 is 5.35. The lowest BCUT2D eigenvalue weighted by Gasteiger charge is -2.10. The van der Waals surface area contributed by atoms with Crippen LogP contribution in [-0.4, -0.2) is 22.3 Å². The van der Waals surface area contributed by atoms with E-state index in [1.807, 2.05) is 43.3 Å². The van der Waals surface area contributed by atoms with Crippen LogP contribution in [0.2, 0.25) is 5.15 Å². The molecule has 20 heavy (non-hydrogen) atoms. The third-order valence-electron chi connectivity index (χ3n) is 3.09. The third-order valence-corrected chi connectivity index (χ3v) is 3.37. The molecule has 3 rings (SSSR count). The predicted octanol–water partition coefficient (Wildman–Crippen LogP) is 3.66. The number of ether oxygens (including phenoxy) is 1. The summed E-state index contributed by atoms with van der Waals surface area (Å²) in [4.78, 5) is 4.37. The van der Waals surface area contributed by atoms with E-state index < -0.39 is 0 Å². The summed E-state index contributed by atoms with van der Waals surface area (Å²) in [5.74, 6) is 0.534. The Morgan fingerprint density at radius 2 is 1.75 bits per heavy atom. The zero-order valence-corrected chi connectivity index (χ0v) is 11.8. The molecule has 2 aromatic heterocycles. The van der Waals surface area contributed by atoms with E-state index in [0.29, 0.717) is 16.7 Å². The summed E-state index contributed by atoms with van der Waals surface area (Å²) >= 11 is 6.09. The van der Waals surface area contributed by atoms with Gasteiger partial charge in [0.25, 0.3) is 0 Å². The number of pyridine rings is 1. The van der Waals surface area contributed by atoms with Crippen molar-refractivity contribution < 1.29 is 4.74 Å². The molecule has 0 atom stereocenters. The Hall–Kier alpha value is -2.20. The molecule has 2 heterocycles. The molecule has 0 aliphatic carbocycles. The molecule has 0 unspecified atom stereocenters. The van der Waals surface area contributed by atoms with Crippen molar-refractivity contribution in [2.45, 2.75) is 6.92 Å². The monoisotopic (exact) mass is 285 g/mol. The van der Waals surface area contributed by atoms with Gasteiger partial charge < -0.3 is 4.74 Å². The van der Waals surface area contributed by atoms with Crippen molar-refractivity contribution in [3.8, 4) is 17.1 Å². The van der Waals surface area contributed by atoms with E-state index in [1.54, 1.807) is 7.11 Å². The lowest BCUT2D eigenvalue weighted by Crippen LogP contribution is -1.97. The van der Waals surface area contributed by atoms with Crippen molar-refractivity contribution in [2.24, 2.45) is 0 Å². The molecule has 0 N–H and O–H groups in total. The summed E-state index contributed by atoms with van der Waals surface area (Å²) in [5.41, 5.74) is 2.41. The van der Waals surface area contributed by atoms with Crippen LogP contribution in [0.5, 0.6) is 5.88 Å². The summed E-state index contributed by atoms with van der Waals surface area (Å²) in [6, 6.07) is 11.6. The van der Waals surface area contributed by atoms with Gasteiger partial charge in [-0.1, -0.05) is 35.9 Å². The average molecular weight is 286 g/mol. The minimum absolute atomic E-state index is 0.392. The van der Waals surface area contributed by atoms with Crippen LogP contribution in [0.3, 0.4) is 0 Å². The number of nitrogens with zero attached hydrogens (tertiary/aromatic N) is 3. The lowest BCUT2D eigenvalue weighted by atomic mass is 10.1. The zero-order chi connectivity index (χ0) is 14.1. The largest absolute Gasteiger partial charge is 0.480 e. The van der Waals surface area contributed by atoms with Gasteiger partial charge in [0.15, 0.2) is 5.15 Å². The molecule has 1 aromatic carbocycles. The second kappa shape index (κ2) is 5.06. The summed E-state index contributed by atoms with van der Waals surface area (Å²) in [6.45, 7) is 1.91. The molecule has 0 amide bonds. The summed E-state index contributed by atoms with van der Waals surface area (Å²) in [7, 11) is 1.59. The van der Waals surface area contributed by atoms with Gasteiger partial charge in [-0.05, 0) is 19.1 Å². The topological polar surface area (TPSA) is 47.9 Å². The number of fused-ring (bicyclic) bond motifs is 1. The van der Waals surface area contributed by atoms with E-state index in [-0.39, 0.29) is 0 Å². The first-order chi connectivity index (χ1) is 9.70. The van der Waals surface area contributed by atoms with Gasteiger partial charge in [0.05, 0.1) is 12.7 Å². The van der Waals surface area contributed by atoms with Crippen LogP contribution < -0.4 is 4.74 Å². The minimum atomic E-state index is 0.392. The first-order valence-electron chi connectivity index (χ1n) is 6.13. The normalized spacial score (nSPS) is 10.8. The van der Waals surface area contributed by atoms with Gasteiger partial charge in [-0.25, -0.2) is 4.98 Å². The third kappa shape index (κ3) is 2.08. The molecule has 0 saturated carbocycles. The van der Waals surface area contributed by atoms with Crippen molar-refractivity contribution in [3.63, 3.8) is 0 Å². The minimum Gasteiger partial charge on any atom is -0.480 e. The van der Waals surface area contributed by atoms with Crippen molar-refractivity contribution in [1.82, 2.24) is 15.2 Å². The first-order valence-corrected chi connectivity index (χ1v) is 6.51. The van der Waals surface area contributed by atoms with Crippen LogP contribution in [0.15, 0.2) is 36.4 Å². The Kier molecular flexibility index (Phi) is 3.24. The highest BCUT2D eigenvalue weighted by atomic mass is 35.5. The number of aromatic nitrogens is 3. The highest BCUT2D eigenvalue weighted by Gasteiger charge is 2.14. The summed E-state index contributed by atoms with van der Waals surface area (Å²) in [5, 5.41) is 10.4. The number of halogens is 1. The highest BCUT2D eigenvalue weighted by Crippen LogP contribution is 2.33.